The van der Waals surface area contributed by atoms with Crippen LogP contribution in [0.2, 0.25) is 0 Å². The first-order valence-corrected chi connectivity index (χ1v) is 14.2. The number of rotatable bonds is 8. The van der Waals surface area contributed by atoms with Gasteiger partial charge in [-0.2, -0.15) is 0 Å². The molecular formula is C32H30N2O8S. The van der Waals surface area contributed by atoms with Crippen LogP contribution in [0.3, 0.4) is 0 Å². The van der Waals surface area contributed by atoms with Crippen molar-refractivity contribution in [1.29, 1.82) is 0 Å². The summed E-state index contributed by atoms with van der Waals surface area (Å²) in [6.07, 6.45) is 1.65. The number of benzene rings is 2. The second-order valence-electron chi connectivity index (χ2n) is 9.63. The van der Waals surface area contributed by atoms with Gasteiger partial charge in [0, 0.05) is 23.3 Å². The fourth-order valence-electron chi connectivity index (χ4n) is 5.02. The number of nitrogens with zero attached hydrogens (tertiary/aromatic N) is 2. The molecule has 1 aliphatic heterocycles. The maximum absolute atomic E-state index is 14.0. The third-order valence-corrected chi connectivity index (χ3v) is 8.05. The molecule has 0 saturated heterocycles. The number of fused-ring (bicyclic) bond motifs is 1. The van der Waals surface area contributed by atoms with Crippen LogP contribution in [0.4, 0.5) is 0 Å². The standard InChI is InChI=1S/C32H30N2O8S/c1-7-41-31(37)27-18(3)33-32-34(28(27)23-12-9-20(38-4)15-25(23)39-5)29(35)26(43-32)16-21-10-13-24(42-21)22-11-8-19(14-17(22)2)30(36)40-6/h8-16,28H,7H2,1-6H3/b26-16+/t28-/m0/s1. The van der Waals surface area contributed by atoms with E-state index in [1.807, 2.05) is 6.92 Å². The largest absolute Gasteiger partial charge is 0.497 e. The normalized spacial score (nSPS) is 14.7. The average molecular weight is 603 g/mol. The van der Waals surface area contributed by atoms with Crippen molar-refractivity contribution in [2.45, 2.75) is 26.8 Å². The molecule has 4 aromatic rings. The van der Waals surface area contributed by atoms with Crippen LogP contribution < -0.4 is 24.4 Å². The number of hydrogen-bond acceptors (Lipinski definition) is 10. The highest BCUT2D eigenvalue weighted by Crippen LogP contribution is 2.37. The van der Waals surface area contributed by atoms with Crippen LogP contribution in [0, 0.1) is 6.92 Å². The summed E-state index contributed by atoms with van der Waals surface area (Å²) in [5.41, 5.74) is 3.00. The summed E-state index contributed by atoms with van der Waals surface area (Å²) in [5, 5.41) is 0. The maximum atomic E-state index is 14.0. The molecule has 222 valence electrons. The number of carbonyl (C=O) groups excluding carboxylic acids is 2. The van der Waals surface area contributed by atoms with Crippen molar-refractivity contribution in [3.05, 3.63) is 102 Å². The van der Waals surface area contributed by atoms with Gasteiger partial charge in [-0.3, -0.25) is 9.36 Å². The second kappa shape index (κ2) is 12.1. The van der Waals surface area contributed by atoms with E-state index in [4.69, 9.17) is 23.4 Å². The zero-order valence-corrected chi connectivity index (χ0v) is 25.4. The number of esters is 2. The Kier molecular flexibility index (Phi) is 8.36. The molecule has 0 N–H and O–H groups in total. The predicted octanol–water partition coefficient (Wildman–Crippen LogP) is 4.17. The molecule has 0 aliphatic carbocycles. The fourth-order valence-corrected chi connectivity index (χ4v) is 6.05. The molecule has 10 nitrogen and oxygen atoms in total. The van der Waals surface area contributed by atoms with Crippen molar-refractivity contribution < 1.29 is 33.0 Å². The summed E-state index contributed by atoms with van der Waals surface area (Å²) in [6.45, 7) is 5.48. The van der Waals surface area contributed by atoms with Gasteiger partial charge in [0.1, 0.15) is 29.1 Å². The van der Waals surface area contributed by atoms with Crippen molar-refractivity contribution in [3.63, 3.8) is 0 Å². The fraction of sp³-hybridized carbons (Fsp3) is 0.250. The van der Waals surface area contributed by atoms with Crippen LogP contribution in [-0.4, -0.2) is 44.4 Å². The first-order valence-electron chi connectivity index (χ1n) is 13.4. The highest BCUT2D eigenvalue weighted by atomic mass is 32.1. The van der Waals surface area contributed by atoms with Crippen LogP contribution >= 0.6 is 11.3 Å². The lowest BCUT2D eigenvalue weighted by atomic mass is 9.95. The van der Waals surface area contributed by atoms with Crippen molar-refractivity contribution in [2.75, 3.05) is 27.9 Å². The topological polar surface area (TPSA) is 119 Å². The minimum Gasteiger partial charge on any atom is -0.497 e. The summed E-state index contributed by atoms with van der Waals surface area (Å²) in [7, 11) is 4.40. The molecule has 43 heavy (non-hydrogen) atoms. The van der Waals surface area contributed by atoms with Gasteiger partial charge in [0.05, 0.1) is 49.3 Å². The van der Waals surface area contributed by atoms with Crippen molar-refractivity contribution in [1.82, 2.24) is 4.57 Å². The lowest BCUT2D eigenvalue weighted by molar-refractivity contribution is -0.139. The molecule has 5 rings (SSSR count). The second-order valence-corrected chi connectivity index (χ2v) is 10.6. The van der Waals surface area contributed by atoms with Gasteiger partial charge in [-0.05, 0) is 62.7 Å². The zero-order valence-electron chi connectivity index (χ0n) is 24.5. The third kappa shape index (κ3) is 5.51. The number of aromatic nitrogens is 1. The molecule has 0 spiro atoms. The summed E-state index contributed by atoms with van der Waals surface area (Å²) in [6, 6.07) is 13.1. The number of methoxy groups -OCH3 is 3. The highest BCUT2D eigenvalue weighted by Gasteiger charge is 2.35. The molecule has 0 fully saturated rings. The Hall–Kier alpha value is -4.90. The van der Waals surface area contributed by atoms with Crippen LogP contribution in [0.1, 0.15) is 47.1 Å². The molecule has 3 heterocycles. The van der Waals surface area contributed by atoms with Gasteiger partial charge in [-0.25, -0.2) is 14.6 Å². The van der Waals surface area contributed by atoms with E-state index in [1.54, 1.807) is 75.6 Å². The molecule has 0 radical (unpaired) electrons. The molecule has 0 saturated carbocycles. The first kappa shape index (κ1) is 29.6. The van der Waals surface area contributed by atoms with E-state index in [2.05, 4.69) is 4.99 Å². The lowest BCUT2D eigenvalue weighted by Crippen LogP contribution is -2.40. The van der Waals surface area contributed by atoms with E-state index in [0.717, 1.165) is 11.1 Å². The van der Waals surface area contributed by atoms with Gasteiger partial charge < -0.3 is 23.4 Å². The van der Waals surface area contributed by atoms with E-state index < -0.39 is 18.0 Å². The first-order chi connectivity index (χ1) is 20.7. The minimum absolute atomic E-state index is 0.165. The third-order valence-electron chi connectivity index (χ3n) is 7.07. The van der Waals surface area contributed by atoms with E-state index in [-0.39, 0.29) is 17.7 Å². The number of hydrogen-bond donors (Lipinski definition) is 0. The van der Waals surface area contributed by atoms with Crippen LogP contribution in [0.5, 0.6) is 11.5 Å². The maximum Gasteiger partial charge on any atom is 0.338 e. The number of ether oxygens (including phenoxy) is 4. The van der Waals surface area contributed by atoms with Gasteiger partial charge in [0.2, 0.25) is 0 Å². The van der Waals surface area contributed by atoms with Gasteiger partial charge in [-0.15, -0.1) is 0 Å². The highest BCUT2D eigenvalue weighted by molar-refractivity contribution is 7.07. The van der Waals surface area contributed by atoms with E-state index in [9.17, 15) is 14.4 Å². The SMILES string of the molecule is CCOC(=O)C1=C(C)N=c2s/c(=C/c3ccc(-c4ccc(C(=O)OC)cc4C)o3)c(=O)n2[C@H]1c1ccc(OC)cc1OC. The Balaban J connectivity index is 1.62. The summed E-state index contributed by atoms with van der Waals surface area (Å²) in [4.78, 5) is 44.1. The quantitative estimate of drug-likeness (QED) is 0.276. The Bertz CT molecular complexity index is 1950. The molecule has 2 aromatic carbocycles. The van der Waals surface area contributed by atoms with Crippen LogP contribution in [-0.2, 0) is 14.3 Å². The molecule has 0 bridgehead atoms. The monoisotopic (exact) mass is 602 g/mol. The van der Waals surface area contributed by atoms with Crippen molar-refractivity contribution in [3.8, 4) is 22.8 Å². The summed E-state index contributed by atoms with van der Waals surface area (Å²) >= 11 is 1.19. The number of aryl methyl sites for hydroxylation is 1. The molecule has 11 heteroatoms. The smallest absolute Gasteiger partial charge is 0.338 e. The number of furan rings is 1. The van der Waals surface area contributed by atoms with Crippen molar-refractivity contribution in [2.24, 2.45) is 4.99 Å². The van der Waals surface area contributed by atoms with Gasteiger partial charge >= 0.3 is 11.9 Å². The molecule has 1 atom stereocenters. The Morgan fingerprint density at radius 3 is 2.49 bits per heavy atom. The minimum atomic E-state index is -0.846. The molecule has 1 aliphatic rings. The van der Waals surface area contributed by atoms with Gasteiger partial charge in [0.15, 0.2) is 4.80 Å². The molecule has 0 unspecified atom stereocenters. The average Bonchev–Trinajstić information content (AvgIpc) is 3.59. The van der Waals surface area contributed by atoms with E-state index >= 15 is 0 Å². The van der Waals surface area contributed by atoms with Gasteiger partial charge in [-0.1, -0.05) is 17.4 Å². The number of allylic oxidation sites excluding steroid dienone is 1. The molecule has 0 amide bonds. The lowest BCUT2D eigenvalue weighted by Gasteiger charge is -2.26. The predicted molar refractivity (Wildman–Crippen MR) is 160 cm³/mol. The van der Waals surface area contributed by atoms with Gasteiger partial charge in [0.25, 0.3) is 5.56 Å². The van der Waals surface area contributed by atoms with Crippen LogP contribution in [0.25, 0.3) is 17.4 Å². The Morgan fingerprint density at radius 1 is 1.02 bits per heavy atom. The van der Waals surface area contributed by atoms with E-state index in [0.29, 0.717) is 49.2 Å². The molecular weight excluding hydrogens is 572 g/mol. The number of thiazole rings is 1. The summed E-state index contributed by atoms with van der Waals surface area (Å²) < 4.78 is 29.1. The summed E-state index contributed by atoms with van der Waals surface area (Å²) in [5.74, 6) is 1.06. The van der Waals surface area contributed by atoms with E-state index in [1.165, 1.54) is 30.1 Å². The van der Waals surface area contributed by atoms with Crippen molar-refractivity contribution >= 4 is 29.4 Å². The Morgan fingerprint density at radius 2 is 1.81 bits per heavy atom. The van der Waals surface area contributed by atoms with Crippen LogP contribution in [0.15, 0.2) is 74.0 Å². The molecule has 2 aromatic heterocycles. The zero-order chi connectivity index (χ0) is 30.8. The number of carbonyl (C=O) groups is 2. The Labute approximate surface area is 251 Å².